The van der Waals surface area contributed by atoms with Crippen molar-refractivity contribution in [1.82, 2.24) is 10.6 Å². The van der Waals surface area contributed by atoms with E-state index in [9.17, 15) is 0 Å². The van der Waals surface area contributed by atoms with Gasteiger partial charge in [0.25, 0.3) is 0 Å². The summed E-state index contributed by atoms with van der Waals surface area (Å²) in [6.07, 6.45) is 1.68. The van der Waals surface area contributed by atoms with E-state index in [1.165, 1.54) is 11.1 Å². The Kier molecular flexibility index (Phi) is 11.1. The van der Waals surface area contributed by atoms with E-state index in [-0.39, 0.29) is 39.0 Å². The monoisotopic (exact) mass is 452 g/mol. The van der Waals surface area contributed by atoms with Crippen LogP contribution in [0, 0.1) is 0 Å². The van der Waals surface area contributed by atoms with Gasteiger partial charge in [0.15, 0.2) is 0 Å². The molecule has 0 aliphatic carbocycles. The predicted molar refractivity (Wildman–Crippen MR) is 128 cm³/mol. The van der Waals surface area contributed by atoms with Gasteiger partial charge in [-0.3, -0.25) is 9.98 Å². The Hall–Kier alpha value is -2.44. The minimum atomic E-state index is 0. The summed E-state index contributed by atoms with van der Waals surface area (Å²) < 4.78 is 11.4. The maximum absolute atomic E-state index is 5.68. The first-order valence-electron chi connectivity index (χ1n) is 9.33. The van der Waals surface area contributed by atoms with E-state index in [1.807, 2.05) is 24.3 Å². The molecule has 2 N–H and O–H groups in total. The second-order valence-electron chi connectivity index (χ2n) is 6.56. The maximum atomic E-state index is 5.68. The molecular formula is C22H30Cl2N4O2. The van der Waals surface area contributed by atoms with E-state index in [4.69, 9.17) is 9.47 Å². The summed E-state index contributed by atoms with van der Waals surface area (Å²) in [7, 11) is 0. The zero-order chi connectivity index (χ0) is 18.3. The topological polar surface area (TPSA) is 67.2 Å². The lowest BCUT2D eigenvalue weighted by Gasteiger charge is -2.10. The molecule has 2 aromatic carbocycles. The summed E-state index contributed by atoms with van der Waals surface area (Å²) in [5.74, 6) is 3.71. The van der Waals surface area contributed by atoms with Crippen LogP contribution in [0.3, 0.4) is 0 Å². The third-order valence-electron chi connectivity index (χ3n) is 4.53. The van der Waals surface area contributed by atoms with Crippen LogP contribution in [0.5, 0.6) is 11.5 Å². The van der Waals surface area contributed by atoms with Gasteiger partial charge in [0.05, 0.1) is 13.1 Å². The lowest BCUT2D eigenvalue weighted by Crippen LogP contribution is -2.20. The number of aliphatic imine (C=N–C) groups is 2. The summed E-state index contributed by atoms with van der Waals surface area (Å²) in [4.78, 5) is 8.83. The predicted octanol–water partition coefficient (Wildman–Crippen LogP) is 3.67. The summed E-state index contributed by atoms with van der Waals surface area (Å²) in [6, 6.07) is 16.1. The van der Waals surface area contributed by atoms with Crippen molar-refractivity contribution >= 4 is 36.5 Å². The largest absolute Gasteiger partial charge is 0.458 e. The number of hydrogen-bond donors (Lipinski definition) is 2. The first-order valence-corrected chi connectivity index (χ1v) is 9.33. The van der Waals surface area contributed by atoms with Crippen LogP contribution < -0.4 is 20.1 Å². The number of nitrogens with zero attached hydrogens (tertiary/aromatic N) is 2. The third-order valence-corrected chi connectivity index (χ3v) is 4.53. The highest BCUT2D eigenvalue weighted by Crippen LogP contribution is 2.16. The third kappa shape index (κ3) is 7.43. The fourth-order valence-electron chi connectivity index (χ4n) is 3.09. The molecule has 2 heterocycles. The van der Waals surface area contributed by atoms with Gasteiger partial charge < -0.3 is 20.1 Å². The van der Waals surface area contributed by atoms with Crippen LogP contribution in [0.1, 0.15) is 18.6 Å². The number of amidine groups is 2. The fraction of sp³-hybridized carbons (Fsp3) is 0.364. The molecule has 0 unspecified atom stereocenters. The van der Waals surface area contributed by atoms with Crippen molar-refractivity contribution in [2.75, 3.05) is 33.0 Å². The molecule has 0 amide bonds. The number of hydrogen-bond acceptors (Lipinski definition) is 6. The molecule has 0 spiro atoms. The highest BCUT2D eigenvalue weighted by molar-refractivity contribution is 5.86. The lowest BCUT2D eigenvalue weighted by atomic mass is 10.1. The summed E-state index contributed by atoms with van der Waals surface area (Å²) in [6.45, 7) is 3.82. The summed E-state index contributed by atoms with van der Waals surface area (Å²) >= 11 is 0. The van der Waals surface area contributed by atoms with E-state index in [0.717, 1.165) is 62.2 Å². The maximum Gasteiger partial charge on any atom is 0.230 e. The van der Waals surface area contributed by atoms with E-state index in [1.54, 1.807) is 0 Å². The summed E-state index contributed by atoms with van der Waals surface area (Å²) in [5, 5.41) is 6.57. The number of nitrogens with one attached hydrogen (secondary N) is 2. The molecular weight excluding hydrogens is 423 g/mol. The molecule has 2 aliphatic rings. The molecule has 6 nitrogen and oxygen atoms in total. The second-order valence-corrected chi connectivity index (χ2v) is 6.56. The van der Waals surface area contributed by atoms with Gasteiger partial charge in [-0.15, -0.1) is 24.8 Å². The van der Waals surface area contributed by atoms with E-state index >= 15 is 0 Å². The van der Waals surface area contributed by atoms with Gasteiger partial charge >= 0.3 is 0 Å². The lowest BCUT2D eigenvalue weighted by molar-refractivity contribution is 0.120. The van der Waals surface area contributed by atoms with Crippen molar-refractivity contribution in [2.24, 2.45) is 9.98 Å². The molecule has 0 radical (unpaired) electrons. The quantitative estimate of drug-likeness (QED) is 0.599. The van der Waals surface area contributed by atoms with Crippen molar-refractivity contribution in [2.45, 2.75) is 20.3 Å². The van der Waals surface area contributed by atoms with Crippen LogP contribution in [0.25, 0.3) is 0 Å². The summed E-state index contributed by atoms with van der Waals surface area (Å²) in [5.41, 5.74) is 2.43. The van der Waals surface area contributed by atoms with Crippen molar-refractivity contribution in [1.29, 1.82) is 0 Å². The van der Waals surface area contributed by atoms with Crippen LogP contribution in [0.4, 0.5) is 0 Å². The number of halogens is 2. The molecule has 0 bridgehead atoms. The van der Waals surface area contributed by atoms with Crippen LogP contribution in [0.15, 0.2) is 58.5 Å². The molecule has 164 valence electrons. The molecule has 0 saturated heterocycles. The van der Waals surface area contributed by atoms with Crippen molar-refractivity contribution in [3.63, 3.8) is 0 Å². The van der Waals surface area contributed by atoms with Crippen LogP contribution in [0.2, 0.25) is 0 Å². The van der Waals surface area contributed by atoms with E-state index in [0.29, 0.717) is 0 Å². The minimum absolute atomic E-state index is 0. The van der Waals surface area contributed by atoms with Crippen molar-refractivity contribution < 1.29 is 9.47 Å². The van der Waals surface area contributed by atoms with Crippen LogP contribution in [-0.2, 0) is 12.8 Å². The standard InChI is InChI=1S/C21H24N4O2.CH4.2ClH/c1-5-18(6-2-16(1)13-20-22-9-10-23-20)26-15-27-19-7-3-17(4-8-19)14-21-24-11-12-25-21;;;/h1-8H,9-15H2,(H,22,23)(H,24,25);1H4;2*1H. The smallest absolute Gasteiger partial charge is 0.230 e. The number of benzene rings is 2. The van der Waals surface area contributed by atoms with Crippen molar-refractivity contribution in [3.8, 4) is 11.5 Å². The molecule has 4 rings (SSSR count). The van der Waals surface area contributed by atoms with Crippen LogP contribution in [-0.4, -0.2) is 44.6 Å². The average Bonchev–Trinajstić information content (AvgIpc) is 3.39. The van der Waals surface area contributed by atoms with Crippen LogP contribution >= 0.6 is 24.8 Å². The number of ether oxygens (including phenoxy) is 2. The molecule has 0 saturated carbocycles. The van der Waals surface area contributed by atoms with Crippen molar-refractivity contribution in [3.05, 3.63) is 59.7 Å². The Morgan fingerprint density at radius 2 is 1.07 bits per heavy atom. The fourth-order valence-corrected chi connectivity index (χ4v) is 3.09. The molecule has 30 heavy (non-hydrogen) atoms. The van der Waals surface area contributed by atoms with Gasteiger partial charge in [-0.05, 0) is 35.4 Å². The van der Waals surface area contributed by atoms with Gasteiger partial charge in [-0.2, -0.15) is 0 Å². The van der Waals surface area contributed by atoms with Gasteiger partial charge in [-0.25, -0.2) is 0 Å². The highest BCUT2D eigenvalue weighted by Gasteiger charge is 2.07. The molecule has 2 aromatic rings. The zero-order valence-electron chi connectivity index (χ0n) is 16.1. The molecule has 0 fully saturated rings. The van der Waals surface area contributed by atoms with E-state index in [2.05, 4.69) is 44.9 Å². The molecule has 0 atom stereocenters. The first-order chi connectivity index (χ1) is 13.3. The second kappa shape index (κ2) is 13.0. The Morgan fingerprint density at radius 3 is 1.40 bits per heavy atom. The Bertz CT molecular complexity index is 755. The van der Waals surface area contributed by atoms with Gasteiger partial charge in [0.2, 0.25) is 6.79 Å². The van der Waals surface area contributed by atoms with Gasteiger partial charge in [0.1, 0.15) is 23.2 Å². The van der Waals surface area contributed by atoms with Gasteiger partial charge in [-0.1, -0.05) is 31.7 Å². The number of rotatable bonds is 8. The molecule has 2 aliphatic heterocycles. The highest BCUT2D eigenvalue weighted by atomic mass is 35.5. The Labute approximate surface area is 191 Å². The van der Waals surface area contributed by atoms with Gasteiger partial charge in [0, 0.05) is 25.9 Å². The minimum Gasteiger partial charge on any atom is -0.458 e. The Morgan fingerprint density at radius 1 is 0.667 bits per heavy atom. The van der Waals surface area contributed by atoms with E-state index < -0.39 is 0 Å². The molecule has 8 heteroatoms. The first kappa shape index (κ1) is 25.6. The average molecular weight is 453 g/mol. The SMILES string of the molecule is C.Cl.Cl.c1cc(OCOc2ccc(CC3=NCCN3)cc2)ccc1CC1=NCCN1. The normalized spacial score (nSPS) is 14.0. The zero-order valence-corrected chi connectivity index (χ0v) is 17.7. The Balaban J connectivity index is 0.00000150. The molecule has 0 aromatic heterocycles.